The van der Waals surface area contributed by atoms with Crippen LogP contribution in [0.5, 0.6) is 0 Å². The van der Waals surface area contributed by atoms with Gasteiger partial charge in [0.15, 0.2) is 6.10 Å². The quantitative estimate of drug-likeness (QED) is 0.675. The lowest BCUT2D eigenvalue weighted by molar-refractivity contribution is -0.227. The Labute approximate surface area is 178 Å². The average molecular weight is 438 g/mol. The van der Waals surface area contributed by atoms with E-state index in [0.717, 1.165) is 24.1 Å². The SMILES string of the molecule is CCOC1CN2[C@@H]3CC[C@@]24OC(=O)/C=C/C(=O)OC4[C@H](c2ccc(Cl)c(Cl)c2)[C@H]13. The van der Waals surface area contributed by atoms with Crippen molar-refractivity contribution in [3.05, 3.63) is 46.0 Å². The number of nitrogens with zero attached hydrogens (tertiary/aromatic N) is 1. The molecule has 0 radical (unpaired) electrons. The lowest BCUT2D eigenvalue weighted by atomic mass is 9.74. The molecule has 0 aromatic heterocycles. The van der Waals surface area contributed by atoms with Gasteiger partial charge in [-0.2, -0.15) is 0 Å². The highest BCUT2D eigenvalue weighted by Crippen LogP contribution is 2.59. The third-order valence-corrected chi connectivity index (χ3v) is 7.44. The molecule has 4 bridgehead atoms. The molecule has 4 heterocycles. The molecule has 0 N–H and O–H groups in total. The van der Waals surface area contributed by atoms with E-state index < -0.39 is 23.8 Å². The molecule has 0 amide bonds. The monoisotopic (exact) mass is 437 g/mol. The minimum Gasteiger partial charge on any atom is -0.453 e. The van der Waals surface area contributed by atoms with Gasteiger partial charge in [0, 0.05) is 49.6 Å². The second-order valence-corrected chi connectivity index (χ2v) is 8.80. The second-order valence-electron chi connectivity index (χ2n) is 7.99. The third-order valence-electron chi connectivity index (χ3n) is 6.71. The molecule has 4 aliphatic rings. The first-order valence-electron chi connectivity index (χ1n) is 9.89. The van der Waals surface area contributed by atoms with E-state index in [4.69, 9.17) is 37.4 Å². The van der Waals surface area contributed by atoms with Crippen LogP contribution in [0.15, 0.2) is 30.4 Å². The lowest BCUT2D eigenvalue weighted by Gasteiger charge is -2.50. The lowest BCUT2D eigenvalue weighted by Crippen LogP contribution is -2.63. The Hall–Kier alpha value is -1.60. The van der Waals surface area contributed by atoms with Crippen LogP contribution in [0.1, 0.15) is 31.2 Å². The molecule has 1 aromatic rings. The summed E-state index contributed by atoms with van der Waals surface area (Å²) in [5, 5.41) is 0.898. The van der Waals surface area contributed by atoms with Gasteiger partial charge in [0.2, 0.25) is 5.72 Å². The van der Waals surface area contributed by atoms with E-state index in [2.05, 4.69) is 4.90 Å². The molecule has 3 fully saturated rings. The van der Waals surface area contributed by atoms with Crippen molar-refractivity contribution in [3.8, 4) is 0 Å². The van der Waals surface area contributed by atoms with Gasteiger partial charge in [-0.25, -0.2) is 9.59 Å². The van der Waals surface area contributed by atoms with Gasteiger partial charge in [-0.1, -0.05) is 29.3 Å². The summed E-state index contributed by atoms with van der Waals surface area (Å²) in [6.45, 7) is 3.18. The number of ether oxygens (including phenoxy) is 3. The van der Waals surface area contributed by atoms with Crippen molar-refractivity contribution < 1.29 is 23.8 Å². The molecular formula is C21H21Cl2NO5. The highest BCUT2D eigenvalue weighted by molar-refractivity contribution is 6.42. The summed E-state index contributed by atoms with van der Waals surface area (Å²) in [5.74, 6) is -1.22. The number of carbonyl (C=O) groups excluding carboxylic acids is 2. The number of esters is 2. The van der Waals surface area contributed by atoms with E-state index in [0.29, 0.717) is 29.6 Å². The first-order valence-corrected chi connectivity index (χ1v) is 10.6. The van der Waals surface area contributed by atoms with Crippen LogP contribution in [0.25, 0.3) is 0 Å². The van der Waals surface area contributed by atoms with Crippen LogP contribution in [0.2, 0.25) is 10.0 Å². The summed E-state index contributed by atoms with van der Waals surface area (Å²) in [7, 11) is 0. The second kappa shape index (κ2) is 6.98. The van der Waals surface area contributed by atoms with E-state index in [1.807, 2.05) is 19.1 Å². The van der Waals surface area contributed by atoms with Gasteiger partial charge < -0.3 is 14.2 Å². The summed E-state index contributed by atoms with van der Waals surface area (Å²) >= 11 is 12.5. The molecule has 154 valence electrons. The fraction of sp³-hybridized carbons (Fsp3) is 0.524. The number of hydrogen-bond donors (Lipinski definition) is 0. The Morgan fingerprint density at radius 2 is 2.00 bits per heavy atom. The molecular weight excluding hydrogens is 417 g/mol. The van der Waals surface area contributed by atoms with Crippen molar-refractivity contribution in [2.24, 2.45) is 5.92 Å². The minimum absolute atomic E-state index is 0.0553. The summed E-state index contributed by atoms with van der Waals surface area (Å²) < 4.78 is 18.0. The van der Waals surface area contributed by atoms with E-state index in [9.17, 15) is 9.59 Å². The van der Waals surface area contributed by atoms with Crippen molar-refractivity contribution in [2.45, 2.75) is 49.7 Å². The highest BCUT2D eigenvalue weighted by atomic mass is 35.5. The molecule has 29 heavy (non-hydrogen) atoms. The fourth-order valence-electron chi connectivity index (χ4n) is 5.78. The first-order chi connectivity index (χ1) is 13.9. The molecule has 8 heteroatoms. The van der Waals surface area contributed by atoms with Gasteiger partial charge in [-0.3, -0.25) is 4.90 Å². The molecule has 7 atom stereocenters. The molecule has 3 saturated heterocycles. The van der Waals surface area contributed by atoms with Crippen LogP contribution in [-0.2, 0) is 23.8 Å². The maximum Gasteiger partial charge on any atom is 0.332 e. The van der Waals surface area contributed by atoms with Gasteiger partial charge in [0.05, 0.1) is 16.1 Å². The molecule has 4 aliphatic heterocycles. The van der Waals surface area contributed by atoms with Gasteiger partial charge >= 0.3 is 11.9 Å². The largest absolute Gasteiger partial charge is 0.453 e. The van der Waals surface area contributed by atoms with E-state index >= 15 is 0 Å². The fourth-order valence-corrected chi connectivity index (χ4v) is 6.09. The topological polar surface area (TPSA) is 65.1 Å². The Bertz CT molecular complexity index is 905. The number of hydrogen-bond acceptors (Lipinski definition) is 6. The minimum atomic E-state index is -0.999. The number of carbonyl (C=O) groups is 2. The molecule has 0 aliphatic carbocycles. The maximum atomic E-state index is 12.4. The van der Waals surface area contributed by atoms with Crippen LogP contribution < -0.4 is 0 Å². The number of halogens is 2. The maximum absolute atomic E-state index is 12.4. The summed E-state index contributed by atoms with van der Waals surface area (Å²) in [6, 6.07) is 5.66. The summed E-state index contributed by atoms with van der Waals surface area (Å²) in [5.41, 5.74) is -0.0910. The van der Waals surface area contributed by atoms with Crippen molar-refractivity contribution >= 4 is 35.1 Å². The predicted octanol–water partition coefficient (Wildman–Crippen LogP) is 3.31. The van der Waals surface area contributed by atoms with Crippen molar-refractivity contribution in [1.82, 2.24) is 4.90 Å². The van der Waals surface area contributed by atoms with Gasteiger partial charge in [0.1, 0.15) is 0 Å². The predicted molar refractivity (Wildman–Crippen MR) is 106 cm³/mol. The summed E-state index contributed by atoms with van der Waals surface area (Å²) in [4.78, 5) is 27.0. The Morgan fingerprint density at radius 3 is 2.76 bits per heavy atom. The van der Waals surface area contributed by atoms with Crippen LogP contribution in [0.3, 0.4) is 0 Å². The zero-order valence-electron chi connectivity index (χ0n) is 15.8. The van der Waals surface area contributed by atoms with Crippen molar-refractivity contribution in [1.29, 1.82) is 0 Å². The third kappa shape index (κ3) is 2.84. The van der Waals surface area contributed by atoms with Crippen LogP contribution in [-0.4, -0.2) is 54.0 Å². The van der Waals surface area contributed by atoms with E-state index in [1.165, 1.54) is 0 Å². The summed E-state index contributed by atoms with van der Waals surface area (Å²) in [6.07, 6.45) is 3.01. The Balaban J connectivity index is 1.68. The Morgan fingerprint density at radius 1 is 1.21 bits per heavy atom. The van der Waals surface area contributed by atoms with Crippen LogP contribution in [0.4, 0.5) is 0 Å². The van der Waals surface area contributed by atoms with Gasteiger partial charge in [-0.15, -0.1) is 0 Å². The molecule has 3 unspecified atom stereocenters. The number of rotatable bonds is 3. The molecule has 1 spiro atoms. The Kier molecular flexibility index (Phi) is 4.66. The van der Waals surface area contributed by atoms with E-state index in [1.54, 1.807) is 6.07 Å². The van der Waals surface area contributed by atoms with Crippen LogP contribution in [0, 0.1) is 5.92 Å². The van der Waals surface area contributed by atoms with Gasteiger partial charge in [0.25, 0.3) is 0 Å². The molecule has 1 aromatic carbocycles. The smallest absolute Gasteiger partial charge is 0.332 e. The van der Waals surface area contributed by atoms with E-state index in [-0.39, 0.29) is 24.0 Å². The average Bonchev–Trinajstić information content (AvgIpc) is 3.13. The zero-order chi connectivity index (χ0) is 20.3. The van der Waals surface area contributed by atoms with Crippen molar-refractivity contribution in [2.75, 3.05) is 13.2 Å². The molecule has 6 nitrogen and oxygen atoms in total. The normalized spacial score (nSPS) is 41.2. The first kappa shape index (κ1) is 19.4. The standard InChI is InChI=1S/C21H21Cl2NO5/c1-2-27-15-10-24-14-7-8-21(24)20(28-16(25)5-6-17(26)29-21)18(19(14)15)11-3-4-12(22)13(23)9-11/h3-6,9,14-15,18-20H,2,7-8,10H2,1H3/b6-5+/t14-,15?,18-,19+,20?,21+/m1/s1. The highest BCUT2D eigenvalue weighted by Gasteiger charge is 2.71. The van der Waals surface area contributed by atoms with Gasteiger partial charge in [-0.05, 0) is 31.0 Å². The molecule has 5 rings (SSSR count). The number of benzene rings is 1. The number of piperidine rings is 1. The molecule has 0 saturated carbocycles. The van der Waals surface area contributed by atoms with Crippen LogP contribution >= 0.6 is 23.2 Å². The van der Waals surface area contributed by atoms with Crippen molar-refractivity contribution in [3.63, 3.8) is 0 Å². The zero-order valence-corrected chi connectivity index (χ0v) is 17.4.